The number of ether oxygens (including phenoxy) is 1. The lowest BCUT2D eigenvalue weighted by molar-refractivity contribution is 0.0241. The molecule has 21 heavy (non-hydrogen) atoms. The number of aryl methyl sites for hydroxylation is 2. The molecule has 0 aromatic heterocycles. The summed E-state index contributed by atoms with van der Waals surface area (Å²) in [7, 11) is 0. The molecule has 0 spiro atoms. The molecule has 1 aliphatic rings. The van der Waals surface area contributed by atoms with Crippen LogP contribution in [-0.2, 0) is 0 Å². The third-order valence-electron chi connectivity index (χ3n) is 4.24. The van der Waals surface area contributed by atoms with Crippen LogP contribution in [0.25, 0.3) is 0 Å². The van der Waals surface area contributed by atoms with E-state index < -0.39 is 6.10 Å². The second kappa shape index (κ2) is 7.25. The minimum atomic E-state index is -0.533. The Kier molecular flexibility index (Phi) is 5.62. The fourth-order valence-corrected chi connectivity index (χ4v) is 2.87. The highest BCUT2D eigenvalue weighted by Gasteiger charge is 2.20. The maximum absolute atomic E-state index is 10.2. The zero-order valence-corrected chi connectivity index (χ0v) is 13.3. The molecular weight excluding hydrogens is 266 g/mol. The predicted molar refractivity (Wildman–Crippen MR) is 83.8 cm³/mol. The first-order valence-corrected chi connectivity index (χ1v) is 7.75. The summed E-state index contributed by atoms with van der Waals surface area (Å²) < 4.78 is 5.84. The van der Waals surface area contributed by atoms with Crippen LogP contribution < -0.4 is 4.74 Å². The quantitative estimate of drug-likeness (QED) is 0.869. The Balaban J connectivity index is 1.86. The van der Waals surface area contributed by atoms with Gasteiger partial charge in [-0.25, -0.2) is 0 Å². The SMILES string of the molecule is Cc1ccc(C)c(OC[C@@H](O)CN2CCC[C@H](O)C2)c1C. The van der Waals surface area contributed by atoms with Gasteiger partial charge in [-0.1, -0.05) is 12.1 Å². The van der Waals surface area contributed by atoms with Gasteiger partial charge in [0.15, 0.2) is 0 Å². The van der Waals surface area contributed by atoms with E-state index in [4.69, 9.17) is 4.74 Å². The number of rotatable bonds is 5. The van der Waals surface area contributed by atoms with Crippen molar-refractivity contribution in [2.24, 2.45) is 0 Å². The van der Waals surface area contributed by atoms with Gasteiger partial charge >= 0.3 is 0 Å². The first-order valence-electron chi connectivity index (χ1n) is 7.75. The summed E-state index contributed by atoms with van der Waals surface area (Å²) in [4.78, 5) is 2.11. The average molecular weight is 293 g/mol. The molecule has 0 saturated carbocycles. The smallest absolute Gasteiger partial charge is 0.125 e. The molecule has 0 unspecified atom stereocenters. The molecule has 1 saturated heterocycles. The summed E-state index contributed by atoms with van der Waals surface area (Å²) in [5.74, 6) is 0.882. The van der Waals surface area contributed by atoms with Gasteiger partial charge in [-0.15, -0.1) is 0 Å². The Morgan fingerprint density at radius 1 is 1.29 bits per heavy atom. The molecule has 2 rings (SSSR count). The van der Waals surface area contributed by atoms with Crippen molar-refractivity contribution in [1.29, 1.82) is 0 Å². The van der Waals surface area contributed by atoms with Gasteiger partial charge in [0.05, 0.1) is 6.10 Å². The van der Waals surface area contributed by atoms with Crippen molar-refractivity contribution < 1.29 is 14.9 Å². The number of β-amino-alcohol motifs (C(OH)–C–C–N with tert-alkyl or cyclic N) is 2. The summed E-state index contributed by atoms with van der Waals surface area (Å²) in [6.45, 7) is 8.57. The van der Waals surface area contributed by atoms with Crippen molar-refractivity contribution in [3.05, 3.63) is 28.8 Å². The Morgan fingerprint density at radius 2 is 2.00 bits per heavy atom. The van der Waals surface area contributed by atoms with Gasteiger partial charge < -0.3 is 14.9 Å². The topological polar surface area (TPSA) is 52.9 Å². The van der Waals surface area contributed by atoms with Crippen LogP contribution in [-0.4, -0.2) is 53.6 Å². The molecule has 1 fully saturated rings. The number of benzene rings is 1. The predicted octanol–water partition coefficient (Wildman–Crippen LogP) is 1.81. The fraction of sp³-hybridized carbons (Fsp3) is 0.647. The molecule has 0 bridgehead atoms. The van der Waals surface area contributed by atoms with Crippen LogP contribution in [0.3, 0.4) is 0 Å². The lowest BCUT2D eigenvalue weighted by Gasteiger charge is -2.31. The van der Waals surface area contributed by atoms with E-state index in [9.17, 15) is 10.2 Å². The molecule has 1 heterocycles. The largest absolute Gasteiger partial charge is 0.490 e. The molecule has 0 amide bonds. The molecule has 4 heteroatoms. The third kappa shape index (κ3) is 4.43. The van der Waals surface area contributed by atoms with E-state index >= 15 is 0 Å². The summed E-state index contributed by atoms with van der Waals surface area (Å²) in [5.41, 5.74) is 3.43. The molecular formula is C17H27NO3. The average Bonchev–Trinajstić information content (AvgIpc) is 2.43. The van der Waals surface area contributed by atoms with Crippen molar-refractivity contribution in [2.75, 3.05) is 26.2 Å². The molecule has 1 aliphatic heterocycles. The van der Waals surface area contributed by atoms with Crippen LogP contribution in [0.15, 0.2) is 12.1 Å². The van der Waals surface area contributed by atoms with Crippen LogP contribution in [0.4, 0.5) is 0 Å². The van der Waals surface area contributed by atoms with Gasteiger partial charge in [-0.05, 0) is 56.8 Å². The van der Waals surface area contributed by atoms with Crippen molar-refractivity contribution in [2.45, 2.75) is 45.8 Å². The number of aliphatic hydroxyl groups is 2. The van der Waals surface area contributed by atoms with Crippen LogP contribution >= 0.6 is 0 Å². The molecule has 1 aromatic carbocycles. The van der Waals surface area contributed by atoms with E-state index in [2.05, 4.69) is 17.9 Å². The number of hydrogen-bond donors (Lipinski definition) is 2. The van der Waals surface area contributed by atoms with Gasteiger partial charge in [0.1, 0.15) is 18.5 Å². The van der Waals surface area contributed by atoms with Crippen LogP contribution in [0.2, 0.25) is 0 Å². The van der Waals surface area contributed by atoms with E-state index in [0.717, 1.165) is 36.3 Å². The van der Waals surface area contributed by atoms with Gasteiger partial charge in [-0.2, -0.15) is 0 Å². The maximum Gasteiger partial charge on any atom is 0.125 e. The first kappa shape index (κ1) is 16.3. The summed E-state index contributed by atoms with van der Waals surface area (Å²) in [6, 6.07) is 4.13. The molecule has 0 aliphatic carbocycles. The third-order valence-corrected chi connectivity index (χ3v) is 4.24. The fourth-order valence-electron chi connectivity index (χ4n) is 2.87. The van der Waals surface area contributed by atoms with E-state index in [1.165, 1.54) is 5.56 Å². The molecule has 2 N–H and O–H groups in total. The number of nitrogens with zero attached hydrogens (tertiary/aromatic N) is 1. The molecule has 118 valence electrons. The van der Waals surface area contributed by atoms with Crippen molar-refractivity contribution in [3.63, 3.8) is 0 Å². The summed E-state index contributed by atoms with van der Waals surface area (Å²) in [5, 5.41) is 19.8. The first-order chi connectivity index (χ1) is 9.97. The minimum absolute atomic E-state index is 0.256. The Morgan fingerprint density at radius 3 is 2.71 bits per heavy atom. The van der Waals surface area contributed by atoms with Crippen molar-refractivity contribution in [3.8, 4) is 5.75 Å². The number of aliphatic hydroxyl groups excluding tert-OH is 2. The molecule has 4 nitrogen and oxygen atoms in total. The van der Waals surface area contributed by atoms with E-state index in [0.29, 0.717) is 13.1 Å². The van der Waals surface area contributed by atoms with Crippen molar-refractivity contribution >= 4 is 0 Å². The Labute approximate surface area is 127 Å². The van der Waals surface area contributed by atoms with Crippen LogP contribution in [0, 0.1) is 20.8 Å². The lowest BCUT2D eigenvalue weighted by atomic mass is 10.1. The molecule has 2 atom stereocenters. The van der Waals surface area contributed by atoms with Gasteiger partial charge in [0, 0.05) is 13.1 Å². The lowest BCUT2D eigenvalue weighted by Crippen LogP contribution is -2.43. The van der Waals surface area contributed by atoms with Crippen molar-refractivity contribution in [1.82, 2.24) is 4.90 Å². The van der Waals surface area contributed by atoms with Crippen LogP contribution in [0.5, 0.6) is 5.75 Å². The van der Waals surface area contributed by atoms with E-state index in [-0.39, 0.29) is 12.7 Å². The minimum Gasteiger partial charge on any atom is -0.490 e. The Bertz CT molecular complexity index is 475. The molecule has 0 radical (unpaired) electrons. The normalized spacial score (nSPS) is 21.3. The zero-order valence-electron chi connectivity index (χ0n) is 13.3. The number of hydrogen-bond acceptors (Lipinski definition) is 4. The number of piperidine rings is 1. The zero-order chi connectivity index (χ0) is 15.4. The van der Waals surface area contributed by atoms with E-state index in [1.54, 1.807) is 0 Å². The van der Waals surface area contributed by atoms with Gasteiger partial charge in [0.25, 0.3) is 0 Å². The molecule has 1 aromatic rings. The van der Waals surface area contributed by atoms with Crippen LogP contribution in [0.1, 0.15) is 29.5 Å². The van der Waals surface area contributed by atoms with Gasteiger partial charge in [0.2, 0.25) is 0 Å². The Hall–Kier alpha value is -1.10. The summed E-state index contributed by atoms with van der Waals surface area (Å²) in [6.07, 6.45) is 1.07. The maximum atomic E-state index is 10.2. The highest BCUT2D eigenvalue weighted by Crippen LogP contribution is 2.25. The van der Waals surface area contributed by atoms with E-state index in [1.807, 2.05) is 19.9 Å². The van der Waals surface area contributed by atoms with Gasteiger partial charge in [-0.3, -0.25) is 4.90 Å². The highest BCUT2D eigenvalue weighted by molar-refractivity contribution is 5.44. The highest BCUT2D eigenvalue weighted by atomic mass is 16.5. The second-order valence-electron chi connectivity index (χ2n) is 6.17. The standard InChI is InChI=1S/C17H27NO3/c1-12-6-7-13(2)17(14(12)3)21-11-16(20)10-18-8-4-5-15(19)9-18/h6-7,15-16,19-20H,4-5,8-11H2,1-3H3/t15-,16-/m0/s1. The number of likely N-dealkylation sites (tertiary alicyclic amines) is 1. The second-order valence-corrected chi connectivity index (χ2v) is 6.17. The summed E-state index contributed by atoms with van der Waals surface area (Å²) >= 11 is 0. The monoisotopic (exact) mass is 293 g/mol.